The predicted molar refractivity (Wildman–Crippen MR) is 118 cm³/mol. The molecule has 3 unspecified atom stereocenters. The number of aliphatic imine (C=N–C) groups is 1. The van der Waals surface area contributed by atoms with E-state index in [0.717, 1.165) is 38.1 Å². The second-order valence-electron chi connectivity index (χ2n) is 7.85. The van der Waals surface area contributed by atoms with Gasteiger partial charge in [-0.3, -0.25) is 4.99 Å². The predicted octanol–water partition coefficient (Wildman–Crippen LogP) is 2.69. The lowest BCUT2D eigenvalue weighted by atomic mass is 9.93. The van der Waals surface area contributed by atoms with Gasteiger partial charge in [-0.1, -0.05) is 6.92 Å². The van der Waals surface area contributed by atoms with Gasteiger partial charge in [-0.05, 0) is 52.1 Å². The summed E-state index contributed by atoms with van der Waals surface area (Å²) in [6.07, 6.45) is 9.82. The van der Waals surface area contributed by atoms with Crippen LogP contribution in [-0.2, 0) is 0 Å². The van der Waals surface area contributed by atoms with Gasteiger partial charge in [0.15, 0.2) is 5.96 Å². The molecule has 2 heterocycles. The summed E-state index contributed by atoms with van der Waals surface area (Å²) < 4.78 is 2.26. The average Bonchev–Trinajstić information content (AvgIpc) is 3.27. The number of piperidine rings is 1. The summed E-state index contributed by atoms with van der Waals surface area (Å²) in [6, 6.07) is 1.04. The highest BCUT2D eigenvalue weighted by molar-refractivity contribution is 14.0. The smallest absolute Gasteiger partial charge is 0.194 e. The Morgan fingerprint density at radius 2 is 2.12 bits per heavy atom. The first-order chi connectivity index (χ1) is 12.1. The zero-order chi connectivity index (χ0) is 17.8. The van der Waals surface area contributed by atoms with E-state index in [4.69, 9.17) is 4.99 Å². The fourth-order valence-corrected chi connectivity index (χ4v) is 3.92. The van der Waals surface area contributed by atoms with Gasteiger partial charge in [0.1, 0.15) is 0 Å². The third-order valence-corrected chi connectivity index (χ3v) is 5.72. The minimum absolute atomic E-state index is 0. The van der Waals surface area contributed by atoms with E-state index >= 15 is 0 Å². The van der Waals surface area contributed by atoms with Gasteiger partial charge >= 0.3 is 0 Å². The molecule has 0 spiro atoms. The molecule has 0 radical (unpaired) electrons. The number of halogens is 1. The molecule has 1 aliphatic heterocycles. The van der Waals surface area contributed by atoms with Crippen LogP contribution in [0.3, 0.4) is 0 Å². The minimum atomic E-state index is 0. The SMILES string of the molecule is CCNC(=NCC(C1CC1)N(C)C)N1CCC(C)C(n2ccnc2)C1.I. The normalized spacial score (nSPS) is 25.1. The standard InChI is InChI=1S/C19H34N6.HI/c1-5-21-19(22-12-17(23(3)4)16-6-7-16)24-10-8-15(2)18(13-24)25-11-9-20-14-25;/h9,11,14-18H,5-8,10,12-13H2,1-4H3,(H,21,22);1H. The van der Waals surface area contributed by atoms with Gasteiger partial charge < -0.3 is 19.7 Å². The molecule has 1 aliphatic carbocycles. The Bertz CT molecular complexity index is 552. The van der Waals surface area contributed by atoms with Crippen LogP contribution in [-0.4, -0.2) is 71.6 Å². The maximum Gasteiger partial charge on any atom is 0.194 e. The Morgan fingerprint density at radius 1 is 1.35 bits per heavy atom. The van der Waals surface area contributed by atoms with E-state index in [1.165, 1.54) is 19.3 Å². The van der Waals surface area contributed by atoms with Crippen LogP contribution in [0.4, 0.5) is 0 Å². The Labute approximate surface area is 175 Å². The lowest BCUT2D eigenvalue weighted by Gasteiger charge is -2.39. The molecule has 26 heavy (non-hydrogen) atoms. The molecule has 0 amide bonds. The first-order valence-corrected chi connectivity index (χ1v) is 9.77. The summed E-state index contributed by atoms with van der Waals surface area (Å²) >= 11 is 0. The molecule has 1 aromatic heterocycles. The van der Waals surface area contributed by atoms with Crippen molar-refractivity contribution in [1.29, 1.82) is 0 Å². The molecule has 0 bridgehead atoms. The van der Waals surface area contributed by atoms with Gasteiger partial charge in [-0.25, -0.2) is 4.98 Å². The molecule has 3 atom stereocenters. The van der Waals surface area contributed by atoms with Crippen molar-refractivity contribution in [2.24, 2.45) is 16.8 Å². The number of nitrogens with one attached hydrogen (secondary N) is 1. The molecule has 1 saturated carbocycles. The summed E-state index contributed by atoms with van der Waals surface area (Å²) in [5.41, 5.74) is 0. The van der Waals surface area contributed by atoms with Crippen molar-refractivity contribution in [3.05, 3.63) is 18.7 Å². The Morgan fingerprint density at radius 3 is 2.69 bits per heavy atom. The number of guanidine groups is 1. The number of nitrogens with zero attached hydrogens (tertiary/aromatic N) is 5. The van der Waals surface area contributed by atoms with Crippen LogP contribution in [0.15, 0.2) is 23.7 Å². The highest BCUT2D eigenvalue weighted by Gasteiger charge is 2.33. The number of likely N-dealkylation sites (N-methyl/N-ethyl adjacent to an activating group) is 1. The van der Waals surface area contributed by atoms with Crippen LogP contribution in [0.2, 0.25) is 0 Å². The Kier molecular flexibility index (Phi) is 8.19. The maximum absolute atomic E-state index is 5.03. The first-order valence-electron chi connectivity index (χ1n) is 9.77. The van der Waals surface area contributed by atoms with Crippen LogP contribution in [0.25, 0.3) is 0 Å². The van der Waals surface area contributed by atoms with Gasteiger partial charge in [0.05, 0.1) is 18.9 Å². The van der Waals surface area contributed by atoms with Crippen molar-refractivity contribution in [1.82, 2.24) is 24.7 Å². The minimum Gasteiger partial charge on any atom is -0.357 e. The molecular weight excluding hydrogens is 439 g/mol. The van der Waals surface area contributed by atoms with E-state index in [1.807, 2.05) is 12.5 Å². The maximum atomic E-state index is 5.03. The third kappa shape index (κ3) is 5.34. The monoisotopic (exact) mass is 474 g/mol. The fourth-order valence-electron chi connectivity index (χ4n) is 3.92. The summed E-state index contributed by atoms with van der Waals surface area (Å²) in [4.78, 5) is 14.0. The molecule has 1 aromatic rings. The van der Waals surface area contributed by atoms with Crippen molar-refractivity contribution in [2.45, 2.75) is 45.2 Å². The third-order valence-electron chi connectivity index (χ3n) is 5.72. The van der Waals surface area contributed by atoms with Crippen molar-refractivity contribution < 1.29 is 0 Å². The molecule has 2 fully saturated rings. The van der Waals surface area contributed by atoms with Crippen molar-refractivity contribution in [3.63, 3.8) is 0 Å². The van der Waals surface area contributed by atoms with Crippen molar-refractivity contribution in [3.8, 4) is 0 Å². The molecule has 3 rings (SSSR count). The van der Waals surface area contributed by atoms with Crippen LogP contribution in [0, 0.1) is 11.8 Å². The van der Waals surface area contributed by atoms with Crippen molar-refractivity contribution >= 4 is 29.9 Å². The second kappa shape index (κ2) is 9.92. The molecular formula is C19H35IN6. The van der Waals surface area contributed by atoms with Crippen LogP contribution < -0.4 is 5.32 Å². The largest absolute Gasteiger partial charge is 0.357 e. The highest BCUT2D eigenvalue weighted by atomic mass is 127. The van der Waals surface area contributed by atoms with Crippen LogP contribution in [0.1, 0.15) is 39.2 Å². The fraction of sp³-hybridized carbons (Fsp3) is 0.789. The Balaban J connectivity index is 0.00000243. The van der Waals surface area contributed by atoms with Gasteiger partial charge in [0.25, 0.3) is 0 Å². The number of imidazole rings is 1. The summed E-state index contributed by atoms with van der Waals surface area (Å²) in [5, 5.41) is 3.52. The summed E-state index contributed by atoms with van der Waals surface area (Å²) in [6.45, 7) is 8.38. The highest BCUT2D eigenvalue weighted by Crippen LogP contribution is 2.34. The number of hydrogen-bond acceptors (Lipinski definition) is 3. The molecule has 1 N–H and O–H groups in total. The van der Waals surface area contributed by atoms with E-state index in [-0.39, 0.29) is 24.0 Å². The van der Waals surface area contributed by atoms with Gasteiger partial charge in [0.2, 0.25) is 0 Å². The summed E-state index contributed by atoms with van der Waals surface area (Å²) in [7, 11) is 4.37. The van der Waals surface area contributed by atoms with E-state index < -0.39 is 0 Å². The van der Waals surface area contributed by atoms with Crippen LogP contribution >= 0.6 is 24.0 Å². The van der Waals surface area contributed by atoms with E-state index in [0.29, 0.717) is 18.0 Å². The zero-order valence-corrected chi connectivity index (χ0v) is 19.0. The van der Waals surface area contributed by atoms with Crippen LogP contribution in [0.5, 0.6) is 0 Å². The first kappa shape index (κ1) is 21.5. The average molecular weight is 474 g/mol. The summed E-state index contributed by atoms with van der Waals surface area (Å²) in [5.74, 6) is 2.57. The van der Waals surface area contributed by atoms with Gasteiger partial charge in [0, 0.05) is 38.1 Å². The topological polar surface area (TPSA) is 48.7 Å². The number of rotatable bonds is 6. The zero-order valence-electron chi connectivity index (χ0n) is 16.6. The van der Waals surface area contributed by atoms with E-state index in [2.05, 4.69) is 58.8 Å². The van der Waals surface area contributed by atoms with E-state index in [9.17, 15) is 0 Å². The molecule has 7 heteroatoms. The molecule has 1 saturated heterocycles. The van der Waals surface area contributed by atoms with Gasteiger partial charge in [-0.15, -0.1) is 24.0 Å². The quantitative estimate of drug-likeness (QED) is 0.392. The molecule has 2 aliphatic rings. The Hall–Kier alpha value is -0.830. The lowest BCUT2D eigenvalue weighted by molar-refractivity contribution is 0.188. The number of aromatic nitrogens is 2. The van der Waals surface area contributed by atoms with Gasteiger partial charge in [-0.2, -0.15) is 0 Å². The van der Waals surface area contributed by atoms with Crippen molar-refractivity contribution in [2.75, 3.05) is 40.3 Å². The lowest BCUT2D eigenvalue weighted by Crippen LogP contribution is -2.49. The molecule has 6 nitrogen and oxygen atoms in total. The number of hydrogen-bond donors (Lipinski definition) is 1. The second-order valence-corrected chi connectivity index (χ2v) is 7.85. The molecule has 148 valence electrons. The molecule has 0 aromatic carbocycles. The number of likely N-dealkylation sites (tertiary alicyclic amines) is 1. The van der Waals surface area contributed by atoms with E-state index in [1.54, 1.807) is 0 Å².